The van der Waals surface area contributed by atoms with Crippen molar-refractivity contribution in [2.45, 2.75) is 135 Å². The molecule has 29 heteroatoms. The lowest BCUT2D eigenvalue weighted by molar-refractivity contribution is -0.122. The van der Waals surface area contributed by atoms with Gasteiger partial charge in [0.2, 0.25) is 33.1 Å². The molecule has 0 N–H and O–H groups in total. The molecule has 0 bridgehead atoms. The first-order chi connectivity index (χ1) is 70.0. The van der Waals surface area contributed by atoms with Gasteiger partial charge in [0.05, 0.1) is 107 Å². The molecule has 9 aliphatic rings. The number of thiazole rings is 2. The number of carbonyl (C=O) groups excluding carboxylic acids is 4. The zero-order chi connectivity index (χ0) is 101. The second kappa shape index (κ2) is 37.6. The first kappa shape index (κ1) is 95.5. The Morgan fingerprint density at radius 1 is 0.407 bits per heavy atom. The standard InChI is InChI=1S/C30H29FN4O2.C29H25FN6O.C29H23FN4OS.C28H23FN4OS/c1-19-24-13-12-23-27(22-6-4-5-7-25(22)31)33-35(29(23)30(24,2)18-26(32-3)28(19)36)21-10-8-20(9-11-21)34-14-16-37-17-15-34;1-17-21-15-14-20-24(19-12-8-9-13-22(19)30)34-36(26(20)29(21,2)16-23(31-3)25(17)37)28-33-32-27(35(28)4)18-10-6-5-7-11-18;1-17-21-14-13-20-25(19-11-7-8-12-22(19)30)33-34(27(20)29(21,2)15-23(31-3)26(17)35)28-32-24(16-36-28)18-9-5-4-6-10-18;1-15-9-12-23-21(13-15)31-27(35-23)33-26-18(24(32-33)17-7-5-6-8-20(17)29)10-11-19-16(2)25(34)22(30-4)14-28(19,26)3/h4-11,18-19,24H,12-17H2,1-2H3;5-13,16-17,21H,14-15H2,1-2,4H3;4-12,15-17,21H,13-14H2,1-2H3;5-9,12-14,16,19H,10-11H2,1-3H3/t19-,24-,30-;2*17-,21-,29-;16-,19-,28-/m1111/s1. The van der Waals surface area contributed by atoms with Crippen LogP contribution < -0.4 is 4.90 Å². The van der Waals surface area contributed by atoms with E-state index in [0.29, 0.717) is 106 Å². The van der Waals surface area contributed by atoms with E-state index in [1.165, 1.54) is 46.9 Å². The topological polar surface area (TPSA) is 226 Å². The minimum Gasteiger partial charge on any atom is -0.378 e. The number of aromatic nitrogens is 13. The summed E-state index contributed by atoms with van der Waals surface area (Å²) >= 11 is 3.01. The summed E-state index contributed by atoms with van der Waals surface area (Å²) in [4.78, 5) is 78.0. The molecule has 724 valence electrons. The molecule has 8 aromatic carbocycles. The Balaban J connectivity index is 0.000000114. The number of aryl methyl sites for hydroxylation is 1. The Labute approximate surface area is 844 Å². The molecule has 1 saturated heterocycles. The summed E-state index contributed by atoms with van der Waals surface area (Å²) in [6, 6.07) is 60.9. The van der Waals surface area contributed by atoms with E-state index >= 15 is 8.78 Å². The van der Waals surface area contributed by atoms with Gasteiger partial charge in [-0.05, 0) is 172 Å². The Morgan fingerprint density at radius 2 is 0.759 bits per heavy atom. The van der Waals surface area contributed by atoms with Gasteiger partial charge in [0.25, 0.3) is 5.95 Å². The second-order valence-corrected chi connectivity index (χ2v) is 41.7. The molecule has 0 saturated carbocycles. The van der Waals surface area contributed by atoms with Gasteiger partial charge in [0.1, 0.15) is 23.3 Å². The molecule has 0 spiro atoms. The van der Waals surface area contributed by atoms with E-state index in [1.807, 2.05) is 181 Å². The minimum absolute atomic E-state index is 0.0143. The zero-order valence-corrected chi connectivity index (χ0v) is 83.1. The van der Waals surface area contributed by atoms with Crippen molar-refractivity contribution in [3.05, 3.63) is 372 Å². The minimum atomic E-state index is -0.670. The van der Waals surface area contributed by atoms with E-state index in [2.05, 4.69) is 86.4 Å². The average molecular weight is 1970 g/mol. The summed E-state index contributed by atoms with van der Waals surface area (Å²) in [6.07, 6.45) is 13.0. The van der Waals surface area contributed by atoms with Crippen molar-refractivity contribution < 1.29 is 41.5 Å². The lowest BCUT2D eigenvalue weighted by atomic mass is 9.58. The fraction of sp³-hybridized carbons (Fsp3) is 0.293. The molecule has 0 amide bonds. The molecule has 145 heavy (non-hydrogen) atoms. The molecule has 0 radical (unpaired) electrons. The molecule has 1 fully saturated rings. The predicted octanol–water partition coefficient (Wildman–Crippen LogP) is 23.8. The summed E-state index contributed by atoms with van der Waals surface area (Å²) in [5, 5.41) is 32.3. The summed E-state index contributed by atoms with van der Waals surface area (Å²) < 4.78 is 75.8. The molecule has 7 aromatic heterocycles. The van der Waals surface area contributed by atoms with Crippen molar-refractivity contribution in [2.24, 2.45) is 54.4 Å². The first-order valence-corrected chi connectivity index (χ1v) is 50.5. The van der Waals surface area contributed by atoms with E-state index < -0.39 is 21.7 Å². The van der Waals surface area contributed by atoms with Crippen LogP contribution in [-0.4, -0.2) is 113 Å². The third kappa shape index (κ3) is 16.0. The molecule has 8 aliphatic carbocycles. The molecule has 1 aliphatic heterocycles. The average Bonchev–Trinajstić information content (AvgIpc) is 1.55. The number of halogens is 4. The van der Waals surface area contributed by atoms with E-state index in [0.717, 1.165) is 128 Å². The number of hydrogen-bond acceptors (Lipinski definition) is 16. The van der Waals surface area contributed by atoms with Crippen LogP contribution in [0.1, 0.15) is 132 Å². The molecule has 15 aromatic rings. The van der Waals surface area contributed by atoms with E-state index in [4.69, 9.17) is 61.4 Å². The van der Waals surface area contributed by atoms with Crippen LogP contribution >= 0.6 is 22.7 Å². The highest BCUT2D eigenvalue weighted by Gasteiger charge is 2.56. The number of Topliss-reactive ketones (excluding diaryl/α,β-unsaturated/α-hetero) is 4. The smallest absolute Gasteiger partial charge is 0.252 e. The molecule has 0 unspecified atom stereocenters. The number of ketones is 4. The van der Waals surface area contributed by atoms with Gasteiger partial charge in [-0.3, -0.25) is 4.57 Å². The van der Waals surface area contributed by atoms with Crippen LogP contribution in [0.15, 0.2) is 253 Å². The number of ether oxygens (including phenoxy) is 1. The molecule has 24 rings (SSSR count). The van der Waals surface area contributed by atoms with Gasteiger partial charge in [-0.2, -0.15) is 20.4 Å². The van der Waals surface area contributed by atoms with Crippen molar-refractivity contribution in [1.29, 1.82) is 0 Å². The molecular formula is C116H100F4N18O5S2. The number of benzene rings is 8. The van der Waals surface area contributed by atoms with Gasteiger partial charge in [0, 0.05) is 132 Å². The predicted molar refractivity (Wildman–Crippen MR) is 550 cm³/mol. The molecular weight excluding hydrogens is 1870 g/mol. The third-order valence-corrected chi connectivity index (χ3v) is 33.5. The highest BCUT2D eigenvalue weighted by molar-refractivity contribution is 7.20. The second-order valence-electron chi connectivity index (χ2n) is 39.9. The quantitative estimate of drug-likeness (QED) is 0.0867. The third-order valence-electron chi connectivity index (χ3n) is 31.7. The fourth-order valence-electron chi connectivity index (χ4n) is 24.6. The maximum absolute atomic E-state index is 15.0. The van der Waals surface area contributed by atoms with E-state index in [9.17, 15) is 28.0 Å². The first-order valence-electron chi connectivity index (χ1n) is 48.8. The maximum atomic E-state index is 15.0. The van der Waals surface area contributed by atoms with Crippen molar-refractivity contribution in [1.82, 2.24) is 63.9 Å². The lowest BCUT2D eigenvalue weighted by Gasteiger charge is -2.45. The molecule has 8 heterocycles. The van der Waals surface area contributed by atoms with Gasteiger partial charge >= 0.3 is 0 Å². The number of nitrogens with zero attached hydrogens (tertiary/aromatic N) is 18. The number of carbonyl (C=O) groups is 4. The summed E-state index contributed by atoms with van der Waals surface area (Å²) in [6.45, 7) is 51.7. The highest BCUT2D eigenvalue weighted by atomic mass is 32.1. The molecule has 23 nitrogen and oxygen atoms in total. The molecule has 12 atom stereocenters. The van der Waals surface area contributed by atoms with Gasteiger partial charge in [0.15, 0.2) is 29.0 Å². The Kier molecular flexibility index (Phi) is 24.8. The summed E-state index contributed by atoms with van der Waals surface area (Å²) in [7, 11) is 1.88. The summed E-state index contributed by atoms with van der Waals surface area (Å²) in [5.41, 5.74) is 16.5. The van der Waals surface area contributed by atoms with Crippen LogP contribution in [-0.2, 0) is 78.3 Å². The lowest BCUT2D eigenvalue weighted by Crippen LogP contribution is -2.46. The number of anilines is 1. The Bertz CT molecular complexity index is 8140. The van der Waals surface area contributed by atoms with Crippen LogP contribution in [0.2, 0.25) is 0 Å². The van der Waals surface area contributed by atoms with Crippen molar-refractivity contribution >= 4 is 61.7 Å². The van der Waals surface area contributed by atoms with Gasteiger partial charge in [-0.25, -0.2) is 65.6 Å². The normalized spacial score (nSPS) is 23.6. The van der Waals surface area contributed by atoms with Crippen LogP contribution in [0.3, 0.4) is 0 Å². The van der Waals surface area contributed by atoms with Crippen molar-refractivity contribution in [2.75, 3.05) is 31.2 Å². The number of fused-ring (bicyclic) bond motifs is 13. The van der Waals surface area contributed by atoms with Crippen LogP contribution in [0, 0.1) is 104 Å². The highest BCUT2D eigenvalue weighted by Crippen LogP contribution is 2.59. The van der Waals surface area contributed by atoms with Crippen molar-refractivity contribution in [3.63, 3.8) is 0 Å². The largest absolute Gasteiger partial charge is 0.378 e. The van der Waals surface area contributed by atoms with Gasteiger partial charge < -0.3 is 28.8 Å². The monoisotopic (exact) mass is 1960 g/mol. The Hall–Kier alpha value is -15.7. The van der Waals surface area contributed by atoms with E-state index in [1.54, 1.807) is 65.4 Å². The van der Waals surface area contributed by atoms with Crippen molar-refractivity contribution in [3.8, 4) is 89.6 Å². The number of morpholine rings is 1. The van der Waals surface area contributed by atoms with E-state index in [-0.39, 0.29) is 117 Å². The number of rotatable bonds is 11. The number of hydrogen-bond donors (Lipinski definition) is 0. The van der Waals surface area contributed by atoms with Crippen LogP contribution in [0.4, 0.5) is 23.2 Å². The van der Waals surface area contributed by atoms with Crippen LogP contribution in [0.25, 0.3) is 119 Å². The van der Waals surface area contributed by atoms with Crippen LogP contribution in [0.5, 0.6) is 0 Å². The number of allylic oxidation sites excluding steroid dienone is 8. The zero-order valence-electron chi connectivity index (χ0n) is 81.5. The Morgan fingerprint density at radius 3 is 1.16 bits per heavy atom. The SMILES string of the molecule is [C-]#[N+]C1=C[C@@]2(C)c3c(c(-c4ccccc4F)nn3-c3ccc(N4CCOCC4)cc3)CC[C@@H]2[C@@H](C)C1=O.[C-]#[N+]C1=C[C@@]2(C)c3c(c(-c4ccccc4F)nn3-c3nc(-c4ccccc4)cs3)CC[C@@H]2[C@@H](C)C1=O.[C-]#[N+]C1=C[C@@]2(C)c3c(c(-c4ccccc4F)nn3-c3nc4cc(C)ccc4s3)CC[C@@H]2[C@@H](C)C1=O.[C-]#[N+]C1=C[C@@]2(C)c3c(c(-c4ccccc4F)nn3-c3nnc(-c4ccccc4)n3C)CC[C@@H]2[C@@H](C)C1=O. The summed E-state index contributed by atoms with van der Waals surface area (Å²) in [5.74, 6) is -1.64. The fourth-order valence-corrected chi connectivity index (χ4v) is 26.2. The maximum Gasteiger partial charge on any atom is 0.252 e. The van der Waals surface area contributed by atoms with Gasteiger partial charge in [-0.15, -0.1) is 21.5 Å². The van der Waals surface area contributed by atoms with Gasteiger partial charge in [-0.1, -0.05) is 206 Å².